The molecule has 1 saturated carbocycles. The van der Waals surface area contributed by atoms with Crippen LogP contribution in [-0.4, -0.2) is 21.0 Å². The average molecular weight is 300 g/mol. The highest BCUT2D eigenvalue weighted by Gasteiger charge is 2.36. The quantitative estimate of drug-likeness (QED) is 0.914. The Balaban J connectivity index is 1.79. The summed E-state index contributed by atoms with van der Waals surface area (Å²) in [5.74, 6) is 0.806. The molecule has 5 heteroatoms. The summed E-state index contributed by atoms with van der Waals surface area (Å²) >= 11 is 0. The summed E-state index contributed by atoms with van der Waals surface area (Å²) in [5.41, 5.74) is 7.61. The van der Waals surface area contributed by atoms with Crippen LogP contribution in [-0.2, 0) is 11.8 Å². The van der Waals surface area contributed by atoms with Gasteiger partial charge in [0.15, 0.2) is 0 Å². The van der Waals surface area contributed by atoms with E-state index in [1.807, 2.05) is 42.8 Å². The van der Waals surface area contributed by atoms with Crippen LogP contribution in [0.1, 0.15) is 50.9 Å². The summed E-state index contributed by atoms with van der Waals surface area (Å²) < 4.78 is 2.03. The lowest BCUT2D eigenvalue weighted by Crippen LogP contribution is -2.55. The van der Waals surface area contributed by atoms with Crippen LogP contribution in [0.4, 0.5) is 0 Å². The van der Waals surface area contributed by atoms with Gasteiger partial charge in [0.1, 0.15) is 5.82 Å². The summed E-state index contributed by atoms with van der Waals surface area (Å²) in [6.45, 7) is 1.96. The van der Waals surface area contributed by atoms with Crippen molar-refractivity contribution in [3.8, 4) is 0 Å². The maximum Gasteiger partial charge on any atom is 0.240 e. The smallest absolute Gasteiger partial charge is 0.240 e. The number of nitrogens with two attached hydrogens (primary N) is 1. The van der Waals surface area contributed by atoms with Crippen LogP contribution in [0.5, 0.6) is 0 Å². The van der Waals surface area contributed by atoms with Gasteiger partial charge in [0.2, 0.25) is 5.91 Å². The first kappa shape index (κ1) is 15.0. The van der Waals surface area contributed by atoms with E-state index < -0.39 is 5.54 Å². The van der Waals surface area contributed by atoms with Crippen molar-refractivity contribution in [2.45, 2.75) is 50.6 Å². The van der Waals surface area contributed by atoms with Gasteiger partial charge in [-0.1, -0.05) is 31.4 Å². The molecule has 118 valence electrons. The fraction of sp³-hybridized carbons (Fsp3) is 0.529. The maximum absolute atomic E-state index is 12.6. The Bertz CT molecular complexity index is 685. The Kier molecular flexibility index (Phi) is 3.91. The molecule has 5 nitrogen and oxygen atoms in total. The molecule has 0 saturated heterocycles. The maximum atomic E-state index is 12.6. The fourth-order valence-electron chi connectivity index (χ4n) is 3.37. The van der Waals surface area contributed by atoms with E-state index in [0.717, 1.165) is 42.5 Å². The van der Waals surface area contributed by atoms with Gasteiger partial charge in [-0.3, -0.25) is 4.79 Å². The number of rotatable bonds is 3. The van der Waals surface area contributed by atoms with Crippen LogP contribution in [0.15, 0.2) is 24.3 Å². The Labute approximate surface area is 130 Å². The minimum atomic E-state index is -0.711. The number of fused-ring (bicyclic) bond motifs is 1. The van der Waals surface area contributed by atoms with Gasteiger partial charge in [-0.25, -0.2) is 4.98 Å². The summed E-state index contributed by atoms with van der Waals surface area (Å²) in [7, 11) is 1.98. The molecule has 1 unspecified atom stereocenters. The van der Waals surface area contributed by atoms with E-state index in [2.05, 4.69) is 10.3 Å². The van der Waals surface area contributed by atoms with Crippen molar-refractivity contribution in [3.05, 3.63) is 30.1 Å². The van der Waals surface area contributed by atoms with E-state index in [0.29, 0.717) is 0 Å². The van der Waals surface area contributed by atoms with Gasteiger partial charge in [-0.15, -0.1) is 0 Å². The number of benzene rings is 1. The molecular formula is C17H24N4O. The van der Waals surface area contributed by atoms with Crippen LogP contribution in [0.2, 0.25) is 0 Å². The monoisotopic (exact) mass is 300 g/mol. The minimum absolute atomic E-state index is 0.0493. The van der Waals surface area contributed by atoms with Crippen molar-refractivity contribution in [1.82, 2.24) is 14.9 Å². The molecule has 1 aliphatic rings. The molecule has 1 atom stereocenters. The highest BCUT2D eigenvalue weighted by Crippen LogP contribution is 2.27. The van der Waals surface area contributed by atoms with E-state index in [4.69, 9.17) is 5.73 Å². The number of hydrogen-bond acceptors (Lipinski definition) is 3. The molecule has 3 rings (SSSR count). The highest BCUT2D eigenvalue weighted by atomic mass is 16.2. The number of carbonyl (C=O) groups is 1. The third kappa shape index (κ3) is 2.61. The lowest BCUT2D eigenvalue weighted by atomic mass is 9.82. The molecule has 3 N–H and O–H groups in total. The molecule has 2 aromatic rings. The molecule has 1 aromatic heterocycles. The Hall–Kier alpha value is -1.88. The zero-order valence-corrected chi connectivity index (χ0v) is 13.3. The molecule has 22 heavy (non-hydrogen) atoms. The second kappa shape index (κ2) is 5.72. The third-order valence-corrected chi connectivity index (χ3v) is 4.75. The van der Waals surface area contributed by atoms with E-state index >= 15 is 0 Å². The predicted octanol–water partition coefficient (Wildman–Crippen LogP) is 2.41. The lowest BCUT2D eigenvalue weighted by Gasteiger charge is -2.32. The van der Waals surface area contributed by atoms with E-state index in [1.165, 1.54) is 6.42 Å². The Morgan fingerprint density at radius 2 is 2.00 bits per heavy atom. The van der Waals surface area contributed by atoms with Gasteiger partial charge in [0.05, 0.1) is 22.6 Å². The number of nitrogens with zero attached hydrogens (tertiary/aromatic N) is 2. The number of aromatic nitrogens is 2. The lowest BCUT2D eigenvalue weighted by molar-refractivity contribution is -0.128. The zero-order valence-electron chi connectivity index (χ0n) is 13.3. The molecule has 1 aliphatic carbocycles. The van der Waals surface area contributed by atoms with E-state index in [1.54, 1.807) is 0 Å². The SMILES string of the molecule is CC(NC(=O)C1(N)CCCCC1)c1nc2ccccc2n1C. The molecule has 0 spiro atoms. The van der Waals surface area contributed by atoms with Gasteiger partial charge in [0, 0.05) is 7.05 Å². The van der Waals surface area contributed by atoms with Crippen molar-refractivity contribution in [3.63, 3.8) is 0 Å². The van der Waals surface area contributed by atoms with Crippen LogP contribution in [0, 0.1) is 0 Å². The van der Waals surface area contributed by atoms with Crippen molar-refractivity contribution < 1.29 is 4.79 Å². The summed E-state index contributed by atoms with van der Waals surface area (Å²) in [5, 5.41) is 3.06. The average Bonchev–Trinajstić information content (AvgIpc) is 2.86. The second-order valence-electron chi connectivity index (χ2n) is 6.43. The number of nitrogens with one attached hydrogen (secondary N) is 1. The van der Waals surface area contributed by atoms with Gasteiger partial charge < -0.3 is 15.6 Å². The first-order valence-electron chi connectivity index (χ1n) is 8.02. The summed E-state index contributed by atoms with van der Waals surface area (Å²) in [6, 6.07) is 7.82. The molecule has 1 heterocycles. The van der Waals surface area contributed by atoms with Crippen LogP contribution >= 0.6 is 0 Å². The van der Waals surface area contributed by atoms with Crippen molar-refractivity contribution >= 4 is 16.9 Å². The van der Waals surface area contributed by atoms with Gasteiger partial charge in [-0.2, -0.15) is 0 Å². The number of hydrogen-bond donors (Lipinski definition) is 2. The normalized spacial score (nSPS) is 19.0. The van der Waals surface area contributed by atoms with Crippen LogP contribution < -0.4 is 11.1 Å². The van der Waals surface area contributed by atoms with Gasteiger partial charge >= 0.3 is 0 Å². The van der Waals surface area contributed by atoms with Crippen molar-refractivity contribution in [1.29, 1.82) is 0 Å². The van der Waals surface area contributed by atoms with Gasteiger partial charge in [0.25, 0.3) is 0 Å². The van der Waals surface area contributed by atoms with Crippen LogP contribution in [0.25, 0.3) is 11.0 Å². The fourth-order valence-corrected chi connectivity index (χ4v) is 3.37. The highest BCUT2D eigenvalue weighted by molar-refractivity contribution is 5.86. The molecule has 0 bridgehead atoms. The number of imidazole rings is 1. The minimum Gasteiger partial charge on any atom is -0.345 e. The van der Waals surface area contributed by atoms with Crippen molar-refractivity contribution in [2.75, 3.05) is 0 Å². The molecule has 0 radical (unpaired) electrons. The summed E-state index contributed by atoms with van der Waals surface area (Å²) in [4.78, 5) is 17.2. The van der Waals surface area contributed by atoms with Crippen LogP contribution in [0.3, 0.4) is 0 Å². The number of aryl methyl sites for hydroxylation is 1. The topological polar surface area (TPSA) is 72.9 Å². The van der Waals surface area contributed by atoms with Gasteiger partial charge in [-0.05, 0) is 31.9 Å². The molecule has 1 aromatic carbocycles. The molecular weight excluding hydrogens is 276 g/mol. The van der Waals surface area contributed by atoms with Crippen molar-refractivity contribution in [2.24, 2.45) is 12.8 Å². The molecule has 1 amide bonds. The number of para-hydroxylation sites is 2. The predicted molar refractivity (Wildman–Crippen MR) is 87.3 cm³/mol. The second-order valence-corrected chi connectivity index (χ2v) is 6.43. The van der Waals surface area contributed by atoms with E-state index in [9.17, 15) is 4.79 Å². The third-order valence-electron chi connectivity index (χ3n) is 4.75. The number of amides is 1. The number of carbonyl (C=O) groups excluding carboxylic acids is 1. The first-order valence-corrected chi connectivity index (χ1v) is 8.02. The zero-order chi connectivity index (χ0) is 15.7. The Morgan fingerprint density at radius 1 is 1.32 bits per heavy atom. The standard InChI is InChI=1S/C17H24N4O/c1-12(19-16(22)17(18)10-6-3-7-11-17)15-20-13-8-4-5-9-14(13)21(15)2/h4-5,8-9,12H,3,6-7,10-11,18H2,1-2H3,(H,19,22). The summed E-state index contributed by atoms with van der Waals surface area (Å²) in [6.07, 6.45) is 4.78. The molecule has 0 aliphatic heterocycles. The van der Waals surface area contributed by atoms with E-state index in [-0.39, 0.29) is 11.9 Å². The largest absolute Gasteiger partial charge is 0.345 e. The first-order chi connectivity index (χ1) is 10.5. The molecule has 1 fully saturated rings. The Morgan fingerprint density at radius 3 is 2.68 bits per heavy atom.